The first-order valence-electron chi connectivity index (χ1n) is 11.2. The van der Waals surface area contributed by atoms with Crippen molar-refractivity contribution in [3.8, 4) is 17.2 Å². The van der Waals surface area contributed by atoms with E-state index < -0.39 is 0 Å². The molecule has 0 unspecified atom stereocenters. The van der Waals surface area contributed by atoms with E-state index in [-0.39, 0.29) is 12.5 Å². The summed E-state index contributed by atoms with van der Waals surface area (Å²) in [7, 11) is 1.54. The van der Waals surface area contributed by atoms with Crippen molar-refractivity contribution in [1.82, 2.24) is 0 Å². The molecule has 1 saturated heterocycles. The highest BCUT2D eigenvalue weighted by Crippen LogP contribution is 2.40. The average Bonchev–Trinajstić information content (AvgIpc) is 3.17. The summed E-state index contributed by atoms with van der Waals surface area (Å²) in [6, 6.07) is 22.4. The number of hydrogen-bond donors (Lipinski definition) is 0. The molecule has 3 aromatic rings. The van der Waals surface area contributed by atoms with Crippen molar-refractivity contribution in [2.45, 2.75) is 0 Å². The number of methoxy groups -OCH3 is 1. The molecule has 1 amide bonds. The number of anilines is 1. The van der Waals surface area contributed by atoms with Crippen LogP contribution in [0.4, 0.5) is 5.69 Å². The van der Waals surface area contributed by atoms with Gasteiger partial charge in [-0.3, -0.25) is 9.69 Å². The Bertz CT molecular complexity index is 1240. The number of ether oxygens (including phenoxy) is 4. The van der Waals surface area contributed by atoms with E-state index in [0.717, 1.165) is 11.4 Å². The van der Waals surface area contributed by atoms with Crippen molar-refractivity contribution in [2.24, 2.45) is 0 Å². The molecule has 0 aliphatic carbocycles. The Morgan fingerprint density at radius 1 is 0.944 bits per heavy atom. The SMILES string of the molecule is COc1cc(C=C2SC(=S)N(c3ccccc3)C2=O)cc(Cl)c1OCCOCCOc1ccccc1. The molecule has 9 heteroatoms. The third kappa shape index (κ3) is 6.59. The average molecular weight is 542 g/mol. The molecule has 6 nitrogen and oxygen atoms in total. The monoisotopic (exact) mass is 541 g/mol. The Morgan fingerprint density at radius 2 is 1.61 bits per heavy atom. The molecule has 186 valence electrons. The normalized spacial score (nSPS) is 14.4. The topological polar surface area (TPSA) is 57.2 Å². The lowest BCUT2D eigenvalue weighted by atomic mass is 10.1. The third-order valence-electron chi connectivity index (χ3n) is 5.07. The van der Waals surface area contributed by atoms with Gasteiger partial charge in [0.05, 0.1) is 35.9 Å². The molecular weight excluding hydrogens is 518 g/mol. The van der Waals surface area contributed by atoms with Gasteiger partial charge in [-0.25, -0.2) is 0 Å². The molecule has 0 bridgehead atoms. The van der Waals surface area contributed by atoms with Crippen molar-refractivity contribution >= 4 is 57.6 Å². The Morgan fingerprint density at radius 3 is 2.31 bits per heavy atom. The Hall–Kier alpha value is -3.04. The van der Waals surface area contributed by atoms with Crippen LogP contribution in [-0.4, -0.2) is 43.8 Å². The fourth-order valence-electron chi connectivity index (χ4n) is 3.42. The summed E-state index contributed by atoms with van der Waals surface area (Å²) in [5.41, 5.74) is 1.43. The number of rotatable bonds is 11. The van der Waals surface area contributed by atoms with Gasteiger partial charge in [-0.1, -0.05) is 72.0 Å². The molecule has 4 rings (SSSR count). The van der Waals surface area contributed by atoms with Gasteiger partial charge >= 0.3 is 0 Å². The zero-order valence-electron chi connectivity index (χ0n) is 19.5. The molecule has 0 saturated carbocycles. The molecule has 1 aliphatic rings. The van der Waals surface area contributed by atoms with Crippen LogP contribution in [0.1, 0.15) is 5.56 Å². The summed E-state index contributed by atoms with van der Waals surface area (Å²) in [5, 5.41) is 0.367. The van der Waals surface area contributed by atoms with Crippen molar-refractivity contribution in [3.05, 3.63) is 88.3 Å². The molecule has 1 aliphatic heterocycles. The molecule has 0 spiro atoms. The smallest absolute Gasteiger partial charge is 0.270 e. The molecule has 0 atom stereocenters. The van der Waals surface area contributed by atoms with Crippen LogP contribution < -0.4 is 19.1 Å². The zero-order chi connectivity index (χ0) is 25.3. The quantitative estimate of drug-likeness (QED) is 0.162. The number of para-hydroxylation sites is 2. The number of hydrogen-bond acceptors (Lipinski definition) is 7. The predicted octanol–water partition coefficient (Wildman–Crippen LogP) is 6.23. The Balaban J connectivity index is 1.34. The van der Waals surface area contributed by atoms with Gasteiger partial charge in [0, 0.05) is 0 Å². The minimum absolute atomic E-state index is 0.181. The molecule has 0 aromatic heterocycles. The van der Waals surface area contributed by atoms with Gasteiger partial charge in [-0.15, -0.1) is 0 Å². The van der Waals surface area contributed by atoms with E-state index in [0.29, 0.717) is 51.1 Å². The van der Waals surface area contributed by atoms with E-state index in [1.807, 2.05) is 60.7 Å². The third-order valence-corrected chi connectivity index (χ3v) is 6.65. The highest BCUT2D eigenvalue weighted by molar-refractivity contribution is 8.27. The second-order valence-electron chi connectivity index (χ2n) is 7.51. The van der Waals surface area contributed by atoms with Gasteiger partial charge < -0.3 is 18.9 Å². The summed E-state index contributed by atoms with van der Waals surface area (Å²) in [4.78, 5) is 15.0. The van der Waals surface area contributed by atoms with E-state index in [1.165, 1.54) is 23.8 Å². The maximum absolute atomic E-state index is 13.0. The number of halogens is 1. The predicted molar refractivity (Wildman–Crippen MR) is 148 cm³/mol. The number of thioether (sulfide) groups is 1. The van der Waals surface area contributed by atoms with Crippen LogP contribution in [0, 0.1) is 0 Å². The second kappa shape index (κ2) is 12.8. The standard InChI is InChI=1S/C27H24ClNO5S2/c1-31-23-17-19(18-24-26(30)29(27(35)36-24)20-8-4-2-5-9-20)16-22(28)25(23)34-15-13-32-12-14-33-21-10-6-3-7-11-21/h2-11,16-18H,12-15H2,1H3. The lowest BCUT2D eigenvalue weighted by molar-refractivity contribution is -0.113. The number of carbonyl (C=O) groups excluding carboxylic acids is 1. The summed E-state index contributed by atoms with van der Waals surface area (Å²) in [6.45, 7) is 1.53. The van der Waals surface area contributed by atoms with Crippen LogP contribution in [0.2, 0.25) is 5.02 Å². The van der Waals surface area contributed by atoms with E-state index in [4.69, 9.17) is 42.8 Å². The van der Waals surface area contributed by atoms with Crippen LogP contribution in [0.3, 0.4) is 0 Å². The minimum atomic E-state index is -0.181. The van der Waals surface area contributed by atoms with Crippen LogP contribution in [-0.2, 0) is 9.53 Å². The largest absolute Gasteiger partial charge is 0.493 e. The Labute approximate surface area is 224 Å². The van der Waals surface area contributed by atoms with E-state index in [1.54, 1.807) is 18.2 Å². The maximum atomic E-state index is 13.0. The van der Waals surface area contributed by atoms with Gasteiger partial charge in [-0.05, 0) is 48.0 Å². The molecule has 1 heterocycles. The lowest BCUT2D eigenvalue weighted by Gasteiger charge is -2.14. The van der Waals surface area contributed by atoms with Crippen molar-refractivity contribution in [1.29, 1.82) is 0 Å². The first-order chi connectivity index (χ1) is 17.6. The Kier molecular flexibility index (Phi) is 9.24. The molecule has 0 N–H and O–H groups in total. The molecular formula is C27H24ClNO5S2. The fraction of sp³-hybridized carbons (Fsp3) is 0.185. The zero-order valence-corrected chi connectivity index (χ0v) is 21.9. The minimum Gasteiger partial charge on any atom is -0.493 e. The first-order valence-corrected chi connectivity index (χ1v) is 12.8. The summed E-state index contributed by atoms with van der Waals surface area (Å²) in [5.74, 6) is 1.49. The molecule has 3 aromatic carbocycles. The number of benzene rings is 3. The van der Waals surface area contributed by atoms with E-state index >= 15 is 0 Å². The number of amides is 1. The molecule has 0 radical (unpaired) electrons. The number of nitrogens with zero attached hydrogens (tertiary/aromatic N) is 1. The van der Waals surface area contributed by atoms with Crippen LogP contribution in [0.5, 0.6) is 17.2 Å². The van der Waals surface area contributed by atoms with Crippen LogP contribution in [0.25, 0.3) is 6.08 Å². The van der Waals surface area contributed by atoms with Crippen molar-refractivity contribution < 1.29 is 23.7 Å². The highest BCUT2D eigenvalue weighted by Gasteiger charge is 2.33. The highest BCUT2D eigenvalue weighted by atomic mass is 35.5. The lowest BCUT2D eigenvalue weighted by Crippen LogP contribution is -2.27. The van der Waals surface area contributed by atoms with Gasteiger partial charge in [0.25, 0.3) is 5.91 Å². The first kappa shape index (κ1) is 26.0. The second-order valence-corrected chi connectivity index (χ2v) is 9.59. The molecule has 36 heavy (non-hydrogen) atoms. The summed E-state index contributed by atoms with van der Waals surface area (Å²) < 4.78 is 22.9. The van der Waals surface area contributed by atoms with Crippen molar-refractivity contribution in [3.63, 3.8) is 0 Å². The van der Waals surface area contributed by atoms with E-state index in [2.05, 4.69) is 0 Å². The summed E-state index contributed by atoms with van der Waals surface area (Å²) in [6.07, 6.45) is 1.75. The van der Waals surface area contributed by atoms with Gasteiger partial charge in [0.2, 0.25) is 0 Å². The molecule has 1 fully saturated rings. The van der Waals surface area contributed by atoms with Gasteiger partial charge in [0.15, 0.2) is 15.8 Å². The number of thiocarbonyl (C=S) groups is 1. The summed E-state index contributed by atoms with van der Waals surface area (Å²) >= 11 is 13.2. The van der Waals surface area contributed by atoms with Gasteiger partial charge in [0.1, 0.15) is 19.0 Å². The van der Waals surface area contributed by atoms with E-state index in [9.17, 15) is 4.79 Å². The maximum Gasteiger partial charge on any atom is 0.270 e. The number of carbonyl (C=O) groups is 1. The van der Waals surface area contributed by atoms with Crippen molar-refractivity contribution in [2.75, 3.05) is 38.4 Å². The fourth-order valence-corrected chi connectivity index (χ4v) is 4.99. The van der Waals surface area contributed by atoms with Crippen LogP contribution >= 0.6 is 35.6 Å². The van der Waals surface area contributed by atoms with Crippen LogP contribution in [0.15, 0.2) is 77.7 Å². The van der Waals surface area contributed by atoms with Gasteiger partial charge in [-0.2, -0.15) is 0 Å².